The Labute approximate surface area is 159 Å². The van der Waals surface area contributed by atoms with E-state index < -0.39 is 17.4 Å². The quantitative estimate of drug-likeness (QED) is 0.622. The van der Waals surface area contributed by atoms with Crippen molar-refractivity contribution in [1.29, 1.82) is 0 Å². The Balaban J connectivity index is 2.22. The molecule has 0 aliphatic heterocycles. The summed E-state index contributed by atoms with van der Waals surface area (Å²) in [6.07, 6.45) is 2.83. The first kappa shape index (κ1) is 20.6. The highest BCUT2D eigenvalue weighted by atomic mass is 16.5. The minimum atomic E-state index is -0.820. The Morgan fingerprint density at radius 1 is 1.19 bits per heavy atom. The molecule has 0 bridgehead atoms. The van der Waals surface area contributed by atoms with Gasteiger partial charge in [-0.15, -0.1) is 0 Å². The van der Waals surface area contributed by atoms with E-state index in [1.54, 1.807) is 17.8 Å². The average Bonchev–Trinajstić information content (AvgIpc) is 3.10. The largest absolute Gasteiger partial charge is 0.481 e. The monoisotopic (exact) mass is 373 g/mol. The van der Waals surface area contributed by atoms with Crippen molar-refractivity contribution in [1.82, 2.24) is 15.1 Å². The fourth-order valence-corrected chi connectivity index (χ4v) is 2.94. The lowest BCUT2D eigenvalue weighted by Crippen LogP contribution is -2.40. The Hall–Kier alpha value is -2.67. The number of aromatic nitrogens is 2. The molecule has 0 amide bonds. The first-order chi connectivity index (χ1) is 13.0. The van der Waals surface area contributed by atoms with E-state index in [1.807, 2.05) is 44.2 Å². The number of carboxylic acid groups (broad SMARTS) is 1. The highest BCUT2D eigenvalue weighted by molar-refractivity contribution is 5.88. The number of nitrogens with zero attached hydrogens (tertiary/aromatic N) is 2. The average molecular weight is 373 g/mol. The van der Waals surface area contributed by atoms with Crippen LogP contribution in [-0.4, -0.2) is 40.0 Å². The molecule has 1 aromatic carbocycles. The maximum absolute atomic E-state index is 12.3. The fraction of sp³-hybridized carbons (Fsp3) is 0.450. The fourth-order valence-electron chi connectivity index (χ4n) is 2.94. The number of hydrogen-bond acceptors (Lipinski definition) is 5. The summed E-state index contributed by atoms with van der Waals surface area (Å²) in [6, 6.07) is 9.47. The molecule has 0 fully saturated rings. The third kappa shape index (κ3) is 4.74. The van der Waals surface area contributed by atoms with Crippen LogP contribution >= 0.6 is 0 Å². The number of hydrogen-bond donors (Lipinski definition) is 2. The van der Waals surface area contributed by atoms with Crippen LogP contribution in [0.5, 0.6) is 0 Å². The molecule has 0 aliphatic rings. The zero-order chi connectivity index (χ0) is 19.9. The molecule has 146 valence electrons. The second-order valence-electron chi connectivity index (χ2n) is 6.40. The van der Waals surface area contributed by atoms with Crippen molar-refractivity contribution in [3.63, 3.8) is 0 Å². The SMILES string of the molecule is CCOC(=O)c1nn(-c2ccccc2)cc1CNCC(CC)(CC)C(=O)O. The van der Waals surface area contributed by atoms with Crippen molar-refractivity contribution >= 4 is 11.9 Å². The predicted octanol–water partition coefficient (Wildman–Crippen LogP) is 3.03. The number of carbonyl (C=O) groups excluding carboxylic acids is 1. The zero-order valence-corrected chi connectivity index (χ0v) is 16.1. The summed E-state index contributed by atoms with van der Waals surface area (Å²) in [5, 5.41) is 17.1. The van der Waals surface area contributed by atoms with Gasteiger partial charge in [-0.1, -0.05) is 32.0 Å². The van der Waals surface area contributed by atoms with Crippen LogP contribution in [0, 0.1) is 5.41 Å². The Morgan fingerprint density at radius 2 is 1.85 bits per heavy atom. The highest BCUT2D eigenvalue weighted by Gasteiger charge is 2.34. The topological polar surface area (TPSA) is 93.5 Å². The Kier molecular flexibility index (Phi) is 7.12. The molecule has 0 saturated carbocycles. The molecule has 7 nitrogen and oxygen atoms in total. The van der Waals surface area contributed by atoms with Gasteiger partial charge in [0, 0.05) is 24.8 Å². The van der Waals surface area contributed by atoms with Crippen LogP contribution in [0.15, 0.2) is 36.5 Å². The van der Waals surface area contributed by atoms with Gasteiger partial charge in [0.25, 0.3) is 0 Å². The molecule has 7 heteroatoms. The van der Waals surface area contributed by atoms with Crippen LogP contribution in [0.25, 0.3) is 5.69 Å². The number of esters is 1. The van der Waals surface area contributed by atoms with Crippen LogP contribution in [0.3, 0.4) is 0 Å². The Bertz CT molecular complexity index is 767. The lowest BCUT2D eigenvalue weighted by atomic mass is 9.82. The number of para-hydroxylation sites is 1. The molecule has 2 rings (SSSR count). The number of aliphatic carboxylic acids is 1. The van der Waals surface area contributed by atoms with Gasteiger partial charge in [-0.25, -0.2) is 9.48 Å². The standard InChI is InChI=1S/C20H27N3O4/c1-4-20(5-2,19(25)26)14-21-12-15-13-23(16-10-8-7-9-11-16)22-17(15)18(24)27-6-3/h7-11,13,21H,4-6,12,14H2,1-3H3,(H,25,26). The van der Waals surface area contributed by atoms with Crippen LogP contribution in [0.2, 0.25) is 0 Å². The van der Waals surface area contributed by atoms with E-state index >= 15 is 0 Å². The lowest BCUT2D eigenvalue weighted by Gasteiger charge is -2.26. The maximum Gasteiger partial charge on any atom is 0.359 e. The molecule has 0 atom stereocenters. The molecular formula is C20H27N3O4. The normalized spacial score (nSPS) is 11.4. The summed E-state index contributed by atoms with van der Waals surface area (Å²) < 4.78 is 6.74. The van der Waals surface area contributed by atoms with Gasteiger partial charge in [0.2, 0.25) is 0 Å². The summed E-state index contributed by atoms with van der Waals surface area (Å²) in [7, 11) is 0. The van der Waals surface area contributed by atoms with Gasteiger partial charge in [-0.2, -0.15) is 5.10 Å². The van der Waals surface area contributed by atoms with E-state index in [9.17, 15) is 14.7 Å². The smallest absolute Gasteiger partial charge is 0.359 e. The van der Waals surface area contributed by atoms with Gasteiger partial charge in [0.05, 0.1) is 17.7 Å². The minimum Gasteiger partial charge on any atom is -0.481 e. The molecule has 0 aliphatic carbocycles. The molecule has 0 spiro atoms. The van der Waals surface area contributed by atoms with Crippen LogP contribution in [0.1, 0.15) is 49.7 Å². The summed E-state index contributed by atoms with van der Waals surface area (Å²) in [6.45, 7) is 6.39. The second-order valence-corrected chi connectivity index (χ2v) is 6.40. The number of carbonyl (C=O) groups is 2. The summed E-state index contributed by atoms with van der Waals surface area (Å²) in [4.78, 5) is 23.9. The zero-order valence-electron chi connectivity index (χ0n) is 16.1. The van der Waals surface area contributed by atoms with Crippen LogP contribution in [0.4, 0.5) is 0 Å². The second kappa shape index (κ2) is 9.32. The molecular weight excluding hydrogens is 346 g/mol. The van der Waals surface area contributed by atoms with Gasteiger partial charge >= 0.3 is 11.9 Å². The number of rotatable bonds is 10. The molecule has 1 aromatic heterocycles. The van der Waals surface area contributed by atoms with Crippen molar-refractivity contribution in [2.24, 2.45) is 5.41 Å². The van der Waals surface area contributed by atoms with Crippen LogP contribution < -0.4 is 5.32 Å². The summed E-state index contributed by atoms with van der Waals surface area (Å²) in [5.74, 6) is -1.30. The third-order valence-corrected chi connectivity index (χ3v) is 4.87. The van der Waals surface area contributed by atoms with E-state index in [4.69, 9.17) is 4.74 Å². The van der Waals surface area contributed by atoms with E-state index in [2.05, 4.69) is 10.4 Å². The first-order valence-electron chi connectivity index (χ1n) is 9.22. The van der Waals surface area contributed by atoms with Crippen molar-refractivity contribution in [3.8, 4) is 5.69 Å². The van der Waals surface area contributed by atoms with Gasteiger partial charge in [0.1, 0.15) is 0 Å². The van der Waals surface area contributed by atoms with Crippen molar-refractivity contribution in [2.45, 2.75) is 40.2 Å². The van der Waals surface area contributed by atoms with Gasteiger partial charge in [0.15, 0.2) is 5.69 Å². The maximum atomic E-state index is 12.3. The lowest BCUT2D eigenvalue weighted by molar-refractivity contribution is -0.149. The Morgan fingerprint density at radius 3 is 2.41 bits per heavy atom. The van der Waals surface area contributed by atoms with Crippen molar-refractivity contribution < 1.29 is 19.4 Å². The third-order valence-electron chi connectivity index (χ3n) is 4.87. The number of benzene rings is 1. The van der Waals surface area contributed by atoms with E-state index in [-0.39, 0.29) is 12.3 Å². The van der Waals surface area contributed by atoms with E-state index in [1.165, 1.54) is 0 Å². The molecule has 2 N–H and O–H groups in total. The molecule has 0 saturated heterocycles. The highest BCUT2D eigenvalue weighted by Crippen LogP contribution is 2.26. The van der Waals surface area contributed by atoms with E-state index in [0.717, 1.165) is 5.69 Å². The van der Waals surface area contributed by atoms with Gasteiger partial charge in [-0.3, -0.25) is 4.79 Å². The van der Waals surface area contributed by atoms with Crippen molar-refractivity contribution in [3.05, 3.63) is 47.8 Å². The van der Waals surface area contributed by atoms with Gasteiger partial charge < -0.3 is 15.2 Å². The minimum absolute atomic E-state index is 0.238. The summed E-state index contributed by atoms with van der Waals surface area (Å²) >= 11 is 0. The van der Waals surface area contributed by atoms with Crippen LogP contribution in [-0.2, 0) is 16.1 Å². The predicted molar refractivity (Wildman–Crippen MR) is 102 cm³/mol. The molecule has 27 heavy (non-hydrogen) atoms. The molecule has 0 radical (unpaired) electrons. The number of ether oxygens (including phenoxy) is 1. The number of carboxylic acids is 1. The van der Waals surface area contributed by atoms with E-state index in [0.29, 0.717) is 31.5 Å². The summed E-state index contributed by atoms with van der Waals surface area (Å²) in [5.41, 5.74) is 0.918. The molecule has 1 heterocycles. The number of nitrogens with one attached hydrogen (secondary N) is 1. The first-order valence-corrected chi connectivity index (χ1v) is 9.22. The van der Waals surface area contributed by atoms with Gasteiger partial charge in [-0.05, 0) is 31.9 Å². The molecule has 0 unspecified atom stereocenters. The van der Waals surface area contributed by atoms with Crippen molar-refractivity contribution in [2.75, 3.05) is 13.2 Å². The molecule has 2 aromatic rings.